The van der Waals surface area contributed by atoms with Crippen molar-refractivity contribution in [1.29, 1.82) is 0 Å². The van der Waals surface area contributed by atoms with E-state index in [0.29, 0.717) is 13.2 Å². The number of amides is 1. The van der Waals surface area contributed by atoms with Crippen LogP contribution in [0.1, 0.15) is 19.8 Å². The summed E-state index contributed by atoms with van der Waals surface area (Å²) >= 11 is 0. The van der Waals surface area contributed by atoms with Crippen molar-refractivity contribution < 1.29 is 18.3 Å². The van der Waals surface area contributed by atoms with Crippen molar-refractivity contribution in [1.82, 2.24) is 5.32 Å². The minimum atomic E-state index is -2.92. The lowest BCUT2D eigenvalue weighted by atomic mass is 10.00. The Morgan fingerprint density at radius 3 is 2.93 bits per heavy atom. The van der Waals surface area contributed by atoms with Gasteiger partial charge in [-0.15, -0.1) is 0 Å². The number of halogens is 2. The molecule has 3 nitrogen and oxygen atoms in total. The maximum atomic E-state index is 11.8. The van der Waals surface area contributed by atoms with Crippen molar-refractivity contribution >= 4 is 5.91 Å². The normalized spacial score (nSPS) is 26.9. The van der Waals surface area contributed by atoms with Crippen LogP contribution in [0.25, 0.3) is 0 Å². The Morgan fingerprint density at radius 2 is 2.36 bits per heavy atom. The van der Waals surface area contributed by atoms with Gasteiger partial charge in [0.25, 0.3) is 5.91 Å². The Labute approximate surface area is 81.8 Å². The molecule has 82 valence electrons. The molecule has 0 aromatic carbocycles. The number of carbonyl (C=O) groups excluding carboxylic acids is 1. The highest BCUT2D eigenvalue weighted by Gasteiger charge is 2.27. The standard InChI is InChI=1S/C9H15F2NO2/c1-2-7-6(3-4-14-7)5-12-9(13)8(10)11/h6-8H,2-5H2,1H3,(H,12,13). The summed E-state index contributed by atoms with van der Waals surface area (Å²) in [6.45, 7) is 2.94. The lowest BCUT2D eigenvalue weighted by Crippen LogP contribution is -2.36. The van der Waals surface area contributed by atoms with Gasteiger partial charge in [0.15, 0.2) is 0 Å². The van der Waals surface area contributed by atoms with E-state index in [9.17, 15) is 13.6 Å². The molecule has 2 unspecified atom stereocenters. The van der Waals surface area contributed by atoms with Gasteiger partial charge < -0.3 is 10.1 Å². The van der Waals surface area contributed by atoms with Crippen LogP contribution in [0.2, 0.25) is 0 Å². The van der Waals surface area contributed by atoms with Crippen molar-refractivity contribution in [3.05, 3.63) is 0 Å². The van der Waals surface area contributed by atoms with Crippen LogP contribution in [0, 0.1) is 5.92 Å². The first kappa shape index (κ1) is 11.4. The van der Waals surface area contributed by atoms with Crippen LogP contribution < -0.4 is 5.32 Å². The zero-order chi connectivity index (χ0) is 10.6. The topological polar surface area (TPSA) is 38.3 Å². The highest BCUT2D eigenvalue weighted by atomic mass is 19.3. The van der Waals surface area contributed by atoms with Gasteiger partial charge in [0.1, 0.15) is 0 Å². The third-order valence-corrected chi connectivity index (χ3v) is 2.49. The first-order valence-corrected chi connectivity index (χ1v) is 4.82. The van der Waals surface area contributed by atoms with Crippen molar-refractivity contribution in [2.45, 2.75) is 32.3 Å². The van der Waals surface area contributed by atoms with Gasteiger partial charge in [-0.25, -0.2) is 0 Å². The van der Waals surface area contributed by atoms with Gasteiger partial charge in [0, 0.05) is 19.1 Å². The first-order chi connectivity index (χ1) is 6.65. The molecule has 1 rings (SSSR count). The molecule has 0 aromatic heterocycles. The highest BCUT2D eigenvalue weighted by molar-refractivity contribution is 5.79. The number of alkyl halides is 2. The Kier molecular flexibility index (Phi) is 4.25. The van der Waals surface area contributed by atoms with E-state index >= 15 is 0 Å². The van der Waals surface area contributed by atoms with Crippen LogP contribution in [-0.2, 0) is 9.53 Å². The van der Waals surface area contributed by atoms with Crippen molar-refractivity contribution in [3.8, 4) is 0 Å². The number of hydrogen-bond acceptors (Lipinski definition) is 2. The van der Waals surface area contributed by atoms with Crippen molar-refractivity contribution in [3.63, 3.8) is 0 Å². The molecule has 1 heterocycles. The summed E-state index contributed by atoms with van der Waals surface area (Å²) in [5.74, 6) is -1.01. The number of rotatable bonds is 4. The zero-order valence-electron chi connectivity index (χ0n) is 8.13. The van der Waals surface area contributed by atoms with Crippen LogP contribution in [0.4, 0.5) is 8.78 Å². The van der Waals surface area contributed by atoms with E-state index in [1.165, 1.54) is 0 Å². The summed E-state index contributed by atoms with van der Waals surface area (Å²) in [5.41, 5.74) is 0. The molecule has 1 amide bonds. The molecule has 1 aliphatic rings. The zero-order valence-corrected chi connectivity index (χ0v) is 8.13. The van der Waals surface area contributed by atoms with Gasteiger partial charge >= 0.3 is 6.43 Å². The Balaban J connectivity index is 2.27. The van der Waals surface area contributed by atoms with Crippen molar-refractivity contribution in [2.24, 2.45) is 5.92 Å². The van der Waals surface area contributed by atoms with Crippen LogP contribution in [0.15, 0.2) is 0 Å². The Morgan fingerprint density at radius 1 is 1.64 bits per heavy atom. The van der Waals surface area contributed by atoms with E-state index in [4.69, 9.17) is 4.74 Å². The predicted octanol–water partition coefficient (Wildman–Crippen LogP) is 1.18. The third-order valence-electron chi connectivity index (χ3n) is 2.49. The molecule has 2 atom stereocenters. The SMILES string of the molecule is CCC1OCCC1CNC(=O)C(F)F. The van der Waals surface area contributed by atoms with Gasteiger partial charge in [-0.1, -0.05) is 6.92 Å². The average Bonchev–Trinajstić information content (AvgIpc) is 2.60. The minimum absolute atomic E-state index is 0.105. The van der Waals surface area contributed by atoms with Gasteiger partial charge in [0.2, 0.25) is 0 Å². The summed E-state index contributed by atoms with van der Waals surface area (Å²) in [5, 5.41) is 2.22. The monoisotopic (exact) mass is 207 g/mol. The van der Waals surface area contributed by atoms with Crippen LogP contribution >= 0.6 is 0 Å². The second-order valence-electron chi connectivity index (χ2n) is 3.41. The molecular formula is C9H15F2NO2. The summed E-state index contributed by atoms with van der Waals surface area (Å²) in [7, 11) is 0. The molecule has 0 aliphatic carbocycles. The molecule has 0 bridgehead atoms. The molecule has 5 heteroatoms. The van der Waals surface area contributed by atoms with Crippen molar-refractivity contribution in [2.75, 3.05) is 13.2 Å². The fraction of sp³-hybridized carbons (Fsp3) is 0.889. The molecule has 1 saturated heterocycles. The fourth-order valence-electron chi connectivity index (χ4n) is 1.69. The quantitative estimate of drug-likeness (QED) is 0.751. The largest absolute Gasteiger partial charge is 0.378 e. The van der Waals surface area contributed by atoms with E-state index in [-0.39, 0.29) is 12.0 Å². The number of hydrogen-bond donors (Lipinski definition) is 1. The first-order valence-electron chi connectivity index (χ1n) is 4.82. The van der Waals surface area contributed by atoms with Gasteiger partial charge in [0.05, 0.1) is 6.10 Å². The summed E-state index contributed by atoms with van der Waals surface area (Å²) in [6, 6.07) is 0. The molecule has 1 aliphatic heterocycles. The highest BCUT2D eigenvalue weighted by Crippen LogP contribution is 2.22. The molecule has 0 saturated carbocycles. The lowest BCUT2D eigenvalue weighted by molar-refractivity contribution is -0.132. The maximum Gasteiger partial charge on any atom is 0.315 e. The van der Waals surface area contributed by atoms with Gasteiger partial charge in [-0.3, -0.25) is 4.79 Å². The maximum absolute atomic E-state index is 11.8. The van der Waals surface area contributed by atoms with E-state index in [1.54, 1.807) is 0 Å². The molecule has 14 heavy (non-hydrogen) atoms. The lowest BCUT2D eigenvalue weighted by Gasteiger charge is -2.16. The van der Waals surface area contributed by atoms with Gasteiger partial charge in [-0.2, -0.15) is 8.78 Å². The number of ether oxygens (including phenoxy) is 1. The second kappa shape index (κ2) is 5.24. The number of carbonyl (C=O) groups is 1. The van der Waals surface area contributed by atoms with Gasteiger partial charge in [-0.05, 0) is 12.8 Å². The van der Waals surface area contributed by atoms with Crippen LogP contribution in [0.5, 0.6) is 0 Å². The van der Waals surface area contributed by atoms with E-state index in [1.807, 2.05) is 6.92 Å². The molecule has 1 fully saturated rings. The summed E-state index contributed by atoms with van der Waals surface area (Å²) in [6.07, 6.45) is -1.12. The van der Waals surface area contributed by atoms with E-state index < -0.39 is 12.3 Å². The molecule has 0 radical (unpaired) electrons. The molecule has 1 N–H and O–H groups in total. The Hall–Kier alpha value is -0.710. The smallest absolute Gasteiger partial charge is 0.315 e. The Bertz CT molecular complexity index is 199. The third kappa shape index (κ3) is 2.90. The van der Waals surface area contributed by atoms with E-state index in [2.05, 4.69) is 5.32 Å². The molecule has 0 aromatic rings. The minimum Gasteiger partial charge on any atom is -0.378 e. The van der Waals surface area contributed by atoms with Crippen LogP contribution in [-0.4, -0.2) is 31.6 Å². The fourth-order valence-corrected chi connectivity index (χ4v) is 1.69. The second-order valence-corrected chi connectivity index (χ2v) is 3.41. The predicted molar refractivity (Wildman–Crippen MR) is 47.2 cm³/mol. The van der Waals surface area contributed by atoms with E-state index in [0.717, 1.165) is 12.8 Å². The molecular weight excluding hydrogens is 192 g/mol. The average molecular weight is 207 g/mol. The summed E-state index contributed by atoms with van der Waals surface area (Å²) in [4.78, 5) is 10.6. The molecule has 0 spiro atoms. The summed E-state index contributed by atoms with van der Waals surface area (Å²) < 4.78 is 29.0. The van der Waals surface area contributed by atoms with Crippen LogP contribution in [0.3, 0.4) is 0 Å². The number of nitrogens with one attached hydrogen (secondary N) is 1.